The van der Waals surface area contributed by atoms with Crippen molar-refractivity contribution in [2.45, 2.75) is 57.6 Å². The first-order valence-electron chi connectivity index (χ1n) is 6.13. The molecule has 2 aliphatic carbocycles. The van der Waals surface area contributed by atoms with Crippen molar-refractivity contribution < 1.29 is 9.90 Å². The maximum atomic E-state index is 11.8. The van der Waals surface area contributed by atoms with E-state index in [1.165, 1.54) is 12.8 Å². The number of hydrogen-bond acceptors (Lipinski definition) is 2. The molecule has 0 heterocycles. The second-order valence-corrected chi connectivity index (χ2v) is 5.29. The summed E-state index contributed by atoms with van der Waals surface area (Å²) in [6, 6.07) is 0.242. The zero-order chi connectivity index (χ0) is 10.8. The monoisotopic (exact) mass is 211 g/mol. The van der Waals surface area contributed by atoms with Crippen molar-refractivity contribution in [3.63, 3.8) is 0 Å². The highest BCUT2D eigenvalue weighted by Crippen LogP contribution is 2.29. The summed E-state index contributed by atoms with van der Waals surface area (Å²) in [5.74, 6) is 1.25. The van der Waals surface area contributed by atoms with Gasteiger partial charge in [-0.2, -0.15) is 0 Å². The van der Waals surface area contributed by atoms with Crippen LogP contribution < -0.4 is 5.32 Å². The Balaban J connectivity index is 1.71. The van der Waals surface area contributed by atoms with Gasteiger partial charge >= 0.3 is 0 Å². The fourth-order valence-corrected chi connectivity index (χ4v) is 2.55. The molecule has 2 N–H and O–H groups in total. The number of carbonyl (C=O) groups excluding carboxylic acids is 1. The van der Waals surface area contributed by atoms with Crippen LogP contribution in [0, 0.1) is 11.8 Å². The van der Waals surface area contributed by atoms with Crippen LogP contribution >= 0.6 is 0 Å². The van der Waals surface area contributed by atoms with E-state index in [1.54, 1.807) is 0 Å². The van der Waals surface area contributed by atoms with Gasteiger partial charge in [-0.05, 0) is 44.4 Å². The van der Waals surface area contributed by atoms with Crippen LogP contribution in [-0.2, 0) is 4.79 Å². The number of aliphatic hydroxyl groups excluding tert-OH is 1. The maximum Gasteiger partial charge on any atom is 0.223 e. The smallest absolute Gasteiger partial charge is 0.223 e. The van der Waals surface area contributed by atoms with Crippen LogP contribution in [0.2, 0.25) is 0 Å². The molecule has 2 aliphatic rings. The van der Waals surface area contributed by atoms with Crippen LogP contribution in [0.4, 0.5) is 0 Å². The van der Waals surface area contributed by atoms with Gasteiger partial charge in [0.2, 0.25) is 5.91 Å². The average Bonchev–Trinajstić information content (AvgIpc) is 2.16. The van der Waals surface area contributed by atoms with Crippen molar-refractivity contribution >= 4 is 5.91 Å². The van der Waals surface area contributed by atoms with E-state index in [2.05, 4.69) is 12.2 Å². The highest BCUT2D eigenvalue weighted by atomic mass is 16.3. The summed E-state index contributed by atoms with van der Waals surface area (Å²) < 4.78 is 0. The fourth-order valence-electron chi connectivity index (χ4n) is 2.55. The third-order valence-electron chi connectivity index (χ3n) is 3.85. The predicted molar refractivity (Wildman–Crippen MR) is 58.3 cm³/mol. The van der Waals surface area contributed by atoms with Gasteiger partial charge in [0.25, 0.3) is 0 Å². The first-order valence-corrected chi connectivity index (χ1v) is 6.13. The molecule has 0 bridgehead atoms. The second kappa shape index (κ2) is 4.52. The molecule has 3 heteroatoms. The molecule has 0 atom stereocenters. The summed E-state index contributed by atoms with van der Waals surface area (Å²) in [7, 11) is 0. The van der Waals surface area contributed by atoms with E-state index < -0.39 is 0 Å². The summed E-state index contributed by atoms with van der Waals surface area (Å²) >= 11 is 0. The van der Waals surface area contributed by atoms with Crippen molar-refractivity contribution in [3.05, 3.63) is 0 Å². The molecule has 0 aliphatic heterocycles. The molecule has 2 fully saturated rings. The molecule has 86 valence electrons. The highest BCUT2D eigenvalue weighted by Gasteiger charge is 2.31. The Morgan fingerprint density at radius 1 is 1.20 bits per heavy atom. The van der Waals surface area contributed by atoms with Gasteiger partial charge in [-0.3, -0.25) is 4.79 Å². The Kier molecular flexibility index (Phi) is 3.29. The SMILES string of the molecule is CC1CCC(C(=O)NC2CC(O)C2)CC1. The molecule has 0 aromatic carbocycles. The lowest BCUT2D eigenvalue weighted by atomic mass is 9.81. The van der Waals surface area contributed by atoms with Crippen LogP contribution in [0.3, 0.4) is 0 Å². The normalized spacial score (nSPS) is 40.7. The summed E-state index contributed by atoms with van der Waals surface area (Å²) in [6.07, 6.45) is 5.77. The molecule has 2 rings (SSSR count). The molecular formula is C12H21NO2. The molecule has 3 nitrogen and oxygen atoms in total. The van der Waals surface area contributed by atoms with Gasteiger partial charge in [0, 0.05) is 12.0 Å². The molecule has 15 heavy (non-hydrogen) atoms. The van der Waals surface area contributed by atoms with Crippen LogP contribution in [-0.4, -0.2) is 23.2 Å². The van der Waals surface area contributed by atoms with E-state index in [-0.39, 0.29) is 24.0 Å². The van der Waals surface area contributed by atoms with Crippen molar-refractivity contribution in [2.24, 2.45) is 11.8 Å². The lowest BCUT2D eigenvalue weighted by Crippen LogP contribution is -2.48. The summed E-state index contributed by atoms with van der Waals surface area (Å²) in [5.41, 5.74) is 0. The average molecular weight is 211 g/mol. The lowest BCUT2D eigenvalue weighted by Gasteiger charge is -2.34. The van der Waals surface area contributed by atoms with Crippen LogP contribution in [0.5, 0.6) is 0 Å². The van der Waals surface area contributed by atoms with E-state index in [4.69, 9.17) is 5.11 Å². The molecular weight excluding hydrogens is 190 g/mol. The molecule has 0 saturated heterocycles. The number of aliphatic hydroxyl groups is 1. The predicted octanol–water partition coefficient (Wildman–Crippen LogP) is 1.45. The fraction of sp³-hybridized carbons (Fsp3) is 0.917. The lowest BCUT2D eigenvalue weighted by molar-refractivity contribution is -0.128. The van der Waals surface area contributed by atoms with E-state index in [0.717, 1.165) is 31.6 Å². The maximum absolute atomic E-state index is 11.8. The minimum absolute atomic E-state index is 0.179. The Bertz CT molecular complexity index is 228. The van der Waals surface area contributed by atoms with E-state index in [0.29, 0.717) is 0 Å². The van der Waals surface area contributed by atoms with Crippen LogP contribution in [0.1, 0.15) is 45.4 Å². The van der Waals surface area contributed by atoms with Gasteiger partial charge in [-0.1, -0.05) is 6.92 Å². The highest BCUT2D eigenvalue weighted by molar-refractivity contribution is 5.79. The number of amides is 1. The summed E-state index contributed by atoms with van der Waals surface area (Å²) in [6.45, 7) is 2.26. The number of nitrogens with one attached hydrogen (secondary N) is 1. The van der Waals surface area contributed by atoms with Crippen molar-refractivity contribution in [2.75, 3.05) is 0 Å². The molecule has 0 aromatic rings. The zero-order valence-corrected chi connectivity index (χ0v) is 9.41. The van der Waals surface area contributed by atoms with Gasteiger partial charge in [0.15, 0.2) is 0 Å². The van der Waals surface area contributed by atoms with Gasteiger partial charge in [-0.15, -0.1) is 0 Å². The largest absolute Gasteiger partial charge is 0.393 e. The first-order chi connectivity index (χ1) is 7.15. The van der Waals surface area contributed by atoms with E-state index in [1.807, 2.05) is 0 Å². The Hall–Kier alpha value is -0.570. The molecule has 0 aromatic heterocycles. The van der Waals surface area contributed by atoms with Crippen LogP contribution in [0.15, 0.2) is 0 Å². The molecule has 0 spiro atoms. The minimum atomic E-state index is -0.179. The van der Waals surface area contributed by atoms with E-state index in [9.17, 15) is 4.79 Å². The summed E-state index contributed by atoms with van der Waals surface area (Å²) in [5, 5.41) is 12.2. The molecule has 0 radical (unpaired) electrons. The Morgan fingerprint density at radius 2 is 1.80 bits per heavy atom. The number of hydrogen-bond donors (Lipinski definition) is 2. The minimum Gasteiger partial charge on any atom is -0.393 e. The van der Waals surface area contributed by atoms with Crippen molar-refractivity contribution in [1.29, 1.82) is 0 Å². The quantitative estimate of drug-likeness (QED) is 0.726. The van der Waals surface area contributed by atoms with Crippen LogP contribution in [0.25, 0.3) is 0 Å². The van der Waals surface area contributed by atoms with E-state index >= 15 is 0 Å². The molecule has 1 amide bonds. The van der Waals surface area contributed by atoms with Gasteiger partial charge in [0.1, 0.15) is 0 Å². The standard InChI is InChI=1S/C12H21NO2/c1-8-2-4-9(5-3-8)12(15)13-10-6-11(14)7-10/h8-11,14H,2-7H2,1H3,(H,13,15). The molecule has 0 unspecified atom stereocenters. The van der Waals surface area contributed by atoms with Gasteiger partial charge in [0.05, 0.1) is 6.10 Å². The topological polar surface area (TPSA) is 49.3 Å². The number of carbonyl (C=O) groups is 1. The van der Waals surface area contributed by atoms with Gasteiger partial charge in [-0.25, -0.2) is 0 Å². The third kappa shape index (κ3) is 2.71. The summed E-state index contributed by atoms with van der Waals surface area (Å²) in [4.78, 5) is 11.8. The Labute approximate surface area is 91.2 Å². The first kappa shape index (κ1) is 10.9. The third-order valence-corrected chi connectivity index (χ3v) is 3.85. The van der Waals surface area contributed by atoms with Gasteiger partial charge < -0.3 is 10.4 Å². The molecule has 2 saturated carbocycles. The Morgan fingerprint density at radius 3 is 2.33 bits per heavy atom. The zero-order valence-electron chi connectivity index (χ0n) is 9.41. The second-order valence-electron chi connectivity index (χ2n) is 5.29. The van der Waals surface area contributed by atoms with Crippen molar-refractivity contribution in [1.82, 2.24) is 5.32 Å². The number of rotatable bonds is 2. The van der Waals surface area contributed by atoms with Crippen molar-refractivity contribution in [3.8, 4) is 0 Å².